The molecule has 1 aliphatic rings. The number of rotatable bonds is 8. The minimum absolute atomic E-state index is 0.367. The van der Waals surface area contributed by atoms with Crippen LogP contribution in [0.15, 0.2) is 48.8 Å². The molecule has 7 heteroatoms. The number of nitrogens with zero attached hydrogens (tertiary/aromatic N) is 1. The van der Waals surface area contributed by atoms with E-state index in [0.29, 0.717) is 11.7 Å². The van der Waals surface area contributed by atoms with Crippen molar-refractivity contribution < 1.29 is 19.4 Å². The molecular weight excluding hydrogens is 430 g/mol. The van der Waals surface area contributed by atoms with Crippen molar-refractivity contribution in [2.24, 2.45) is 0 Å². The summed E-state index contributed by atoms with van der Waals surface area (Å²) in [4.78, 5) is 20.1. The summed E-state index contributed by atoms with van der Waals surface area (Å²) >= 11 is 0. The minimum atomic E-state index is -1.28. The van der Waals surface area contributed by atoms with E-state index in [2.05, 4.69) is 33.3 Å². The summed E-state index contributed by atoms with van der Waals surface area (Å²) in [5, 5.41) is 11.2. The first-order valence-corrected chi connectivity index (χ1v) is 12.0. The fourth-order valence-electron chi connectivity index (χ4n) is 5.33. The van der Waals surface area contributed by atoms with Crippen molar-refractivity contribution in [1.82, 2.24) is 14.9 Å². The second-order valence-corrected chi connectivity index (χ2v) is 9.09. The molecule has 2 aromatic heterocycles. The second-order valence-electron chi connectivity index (χ2n) is 9.09. The van der Waals surface area contributed by atoms with Gasteiger partial charge in [0.15, 0.2) is 0 Å². The lowest BCUT2D eigenvalue weighted by molar-refractivity contribution is 0.144. The number of carboxylic acid groups (broad SMARTS) is 1. The lowest BCUT2D eigenvalue weighted by atomic mass is 9.89. The van der Waals surface area contributed by atoms with Crippen molar-refractivity contribution >= 4 is 28.0 Å². The Bertz CT molecular complexity index is 1280. The van der Waals surface area contributed by atoms with Crippen molar-refractivity contribution in [3.63, 3.8) is 0 Å². The Morgan fingerprint density at radius 3 is 2.71 bits per heavy atom. The van der Waals surface area contributed by atoms with Crippen LogP contribution in [0.4, 0.5) is 4.79 Å². The highest BCUT2D eigenvalue weighted by atomic mass is 16.7. The molecule has 0 bridgehead atoms. The number of aromatic amines is 2. The Morgan fingerprint density at radius 2 is 1.91 bits per heavy atom. The maximum atomic E-state index is 10.9. The highest BCUT2D eigenvalue weighted by Gasteiger charge is 2.23. The molecule has 4 aromatic rings. The van der Waals surface area contributed by atoms with Crippen molar-refractivity contribution in [2.75, 3.05) is 26.7 Å². The Hall–Kier alpha value is -3.45. The van der Waals surface area contributed by atoms with E-state index in [1.807, 2.05) is 24.3 Å². The van der Waals surface area contributed by atoms with E-state index in [0.717, 1.165) is 67.5 Å². The maximum Gasteiger partial charge on any atom is 0.511 e. The number of aryl methyl sites for hydroxylation is 1. The van der Waals surface area contributed by atoms with Crippen LogP contribution in [0.2, 0.25) is 0 Å². The number of carbonyl (C=O) groups is 1. The number of fused-ring (bicyclic) bond motifs is 2. The second kappa shape index (κ2) is 9.81. The van der Waals surface area contributed by atoms with Gasteiger partial charge >= 0.3 is 6.16 Å². The van der Waals surface area contributed by atoms with Gasteiger partial charge in [-0.25, -0.2) is 4.79 Å². The van der Waals surface area contributed by atoms with E-state index < -0.39 is 6.16 Å². The number of aromatic nitrogens is 2. The first-order chi connectivity index (χ1) is 16.6. The highest BCUT2D eigenvalue weighted by Crippen LogP contribution is 2.35. The Balaban J connectivity index is 1.13. The molecule has 2 aromatic carbocycles. The molecule has 1 aliphatic heterocycles. The van der Waals surface area contributed by atoms with E-state index in [1.54, 1.807) is 13.2 Å². The zero-order chi connectivity index (χ0) is 23.5. The molecule has 34 heavy (non-hydrogen) atoms. The quantitative estimate of drug-likeness (QED) is 0.172. The first-order valence-electron chi connectivity index (χ1n) is 12.0. The Morgan fingerprint density at radius 1 is 1.09 bits per heavy atom. The lowest BCUT2D eigenvalue weighted by Gasteiger charge is -2.32. The van der Waals surface area contributed by atoms with Crippen LogP contribution in [0.3, 0.4) is 0 Å². The van der Waals surface area contributed by atoms with Crippen LogP contribution in [-0.4, -0.2) is 52.9 Å². The summed E-state index contributed by atoms with van der Waals surface area (Å²) in [5.74, 6) is 1.78. The van der Waals surface area contributed by atoms with Crippen molar-refractivity contribution in [1.29, 1.82) is 0 Å². The molecule has 3 N–H and O–H groups in total. The maximum absolute atomic E-state index is 10.9. The molecule has 0 saturated carbocycles. The van der Waals surface area contributed by atoms with E-state index >= 15 is 0 Å². The summed E-state index contributed by atoms with van der Waals surface area (Å²) in [6, 6.07) is 11.5. The molecule has 3 heterocycles. The number of nitrogens with one attached hydrogen (secondary N) is 2. The standard InChI is InChI=1S/C27H31N3O4/c1-33-25-7-4-6-24-26(25)19(16-28-24)5-2-3-12-30-13-10-18(11-14-30)22-17-29-23-9-8-20(15-21(22)23)34-27(31)32/h4,6-9,15-18,28-29H,2-3,5,10-14H2,1H3,(H,31,32). The van der Waals surface area contributed by atoms with Crippen LogP contribution in [0, 0.1) is 0 Å². The number of hydrogen-bond donors (Lipinski definition) is 3. The number of ether oxygens (including phenoxy) is 2. The van der Waals surface area contributed by atoms with Crippen molar-refractivity contribution in [3.8, 4) is 11.5 Å². The molecule has 0 radical (unpaired) electrons. The zero-order valence-corrected chi connectivity index (χ0v) is 19.5. The van der Waals surface area contributed by atoms with Gasteiger partial charge in [-0.2, -0.15) is 0 Å². The fraction of sp³-hybridized carbons (Fsp3) is 0.370. The third-order valence-electron chi connectivity index (χ3n) is 7.06. The smallest absolute Gasteiger partial charge is 0.496 e. The third-order valence-corrected chi connectivity index (χ3v) is 7.06. The van der Waals surface area contributed by atoms with E-state index in [1.165, 1.54) is 22.9 Å². The number of benzene rings is 2. The lowest BCUT2D eigenvalue weighted by Crippen LogP contribution is -2.33. The number of methoxy groups -OCH3 is 1. The minimum Gasteiger partial charge on any atom is -0.496 e. The van der Waals surface area contributed by atoms with Gasteiger partial charge in [0.25, 0.3) is 0 Å². The van der Waals surface area contributed by atoms with Gasteiger partial charge < -0.3 is 29.4 Å². The predicted molar refractivity (Wildman–Crippen MR) is 133 cm³/mol. The average Bonchev–Trinajstić information content (AvgIpc) is 3.46. The molecule has 0 spiro atoms. The SMILES string of the molecule is COc1cccc2[nH]cc(CCCCN3CCC(c4c[nH]c5ccc(OC(=O)O)cc45)CC3)c12. The van der Waals surface area contributed by atoms with Gasteiger partial charge in [-0.15, -0.1) is 0 Å². The monoisotopic (exact) mass is 461 g/mol. The molecule has 1 fully saturated rings. The molecule has 0 unspecified atom stereocenters. The van der Waals surface area contributed by atoms with Crippen LogP contribution in [-0.2, 0) is 6.42 Å². The largest absolute Gasteiger partial charge is 0.511 e. The molecule has 5 rings (SSSR count). The van der Waals surface area contributed by atoms with Gasteiger partial charge in [0.05, 0.1) is 7.11 Å². The normalized spacial score (nSPS) is 15.2. The number of likely N-dealkylation sites (tertiary alicyclic amines) is 1. The average molecular weight is 462 g/mol. The van der Waals surface area contributed by atoms with Gasteiger partial charge in [-0.05, 0) is 99.1 Å². The van der Waals surface area contributed by atoms with Gasteiger partial charge in [0.2, 0.25) is 0 Å². The Kier molecular flexibility index (Phi) is 6.45. The van der Waals surface area contributed by atoms with Gasteiger partial charge in [-0.3, -0.25) is 0 Å². The summed E-state index contributed by atoms with van der Waals surface area (Å²) in [6.07, 6.45) is 8.50. The van der Waals surface area contributed by atoms with Crippen molar-refractivity contribution in [2.45, 2.75) is 38.0 Å². The fourth-order valence-corrected chi connectivity index (χ4v) is 5.33. The van der Waals surface area contributed by atoms with Crippen LogP contribution in [0.1, 0.15) is 42.7 Å². The van der Waals surface area contributed by atoms with E-state index in [-0.39, 0.29) is 0 Å². The summed E-state index contributed by atoms with van der Waals surface area (Å²) < 4.78 is 10.4. The van der Waals surface area contributed by atoms with Crippen LogP contribution in [0.5, 0.6) is 11.5 Å². The van der Waals surface area contributed by atoms with E-state index in [9.17, 15) is 4.79 Å². The molecule has 7 nitrogen and oxygen atoms in total. The van der Waals surface area contributed by atoms with Crippen LogP contribution in [0.25, 0.3) is 21.8 Å². The zero-order valence-electron chi connectivity index (χ0n) is 19.5. The van der Waals surface area contributed by atoms with Crippen LogP contribution >= 0.6 is 0 Å². The number of hydrogen-bond acceptors (Lipinski definition) is 4. The van der Waals surface area contributed by atoms with Gasteiger partial charge in [0.1, 0.15) is 11.5 Å². The highest BCUT2D eigenvalue weighted by molar-refractivity contribution is 5.89. The molecule has 1 saturated heterocycles. The number of unbranched alkanes of at least 4 members (excludes halogenated alkanes) is 1. The number of piperidine rings is 1. The van der Waals surface area contributed by atoms with Crippen molar-refractivity contribution in [3.05, 3.63) is 59.9 Å². The Labute approximate surface area is 198 Å². The summed E-state index contributed by atoms with van der Waals surface area (Å²) in [5.41, 5.74) is 4.75. The van der Waals surface area contributed by atoms with Gasteiger partial charge in [0, 0.05) is 34.2 Å². The third kappa shape index (κ3) is 4.61. The molecule has 0 atom stereocenters. The summed E-state index contributed by atoms with van der Waals surface area (Å²) in [7, 11) is 1.73. The molecule has 0 aliphatic carbocycles. The predicted octanol–water partition coefficient (Wildman–Crippen LogP) is 5.92. The van der Waals surface area contributed by atoms with Gasteiger partial charge in [-0.1, -0.05) is 6.07 Å². The first kappa shape index (κ1) is 22.3. The van der Waals surface area contributed by atoms with E-state index in [4.69, 9.17) is 14.6 Å². The topological polar surface area (TPSA) is 90.6 Å². The molecule has 0 amide bonds. The van der Waals surface area contributed by atoms with Crippen LogP contribution < -0.4 is 9.47 Å². The number of H-pyrrole nitrogens is 2. The molecule has 178 valence electrons. The molecular formula is C27H31N3O4. The summed E-state index contributed by atoms with van der Waals surface area (Å²) in [6.45, 7) is 3.30.